The van der Waals surface area contributed by atoms with Crippen molar-refractivity contribution in [2.75, 3.05) is 18.8 Å². The van der Waals surface area contributed by atoms with E-state index in [1.807, 2.05) is 20.8 Å². The van der Waals surface area contributed by atoms with Crippen LogP contribution in [0.25, 0.3) is 0 Å². The van der Waals surface area contributed by atoms with Crippen LogP contribution < -0.4 is 11.3 Å². The van der Waals surface area contributed by atoms with Crippen LogP contribution in [0.15, 0.2) is 23.1 Å². The van der Waals surface area contributed by atoms with E-state index in [1.165, 1.54) is 0 Å². The van der Waals surface area contributed by atoms with Crippen LogP contribution in [0, 0.1) is 5.92 Å². The Balaban J connectivity index is 1.89. The summed E-state index contributed by atoms with van der Waals surface area (Å²) in [6.07, 6.45) is 3.23. The van der Waals surface area contributed by atoms with E-state index < -0.39 is 5.60 Å². The largest absolute Gasteiger partial charge is 0.444 e. The van der Waals surface area contributed by atoms with Crippen LogP contribution in [-0.4, -0.2) is 34.3 Å². The zero-order valence-electron chi connectivity index (χ0n) is 13.5. The van der Waals surface area contributed by atoms with Gasteiger partial charge in [-0.15, -0.1) is 0 Å². The molecule has 0 radical (unpaired) electrons. The average molecular weight is 307 g/mol. The number of hydrogen-bond acceptors (Lipinski definition) is 4. The van der Waals surface area contributed by atoms with Gasteiger partial charge in [0.15, 0.2) is 0 Å². The highest BCUT2D eigenvalue weighted by molar-refractivity contribution is 5.68. The van der Waals surface area contributed by atoms with E-state index in [0.717, 1.165) is 12.8 Å². The van der Waals surface area contributed by atoms with E-state index in [-0.39, 0.29) is 17.3 Å². The van der Waals surface area contributed by atoms with Gasteiger partial charge in [0.2, 0.25) is 0 Å². The van der Waals surface area contributed by atoms with Crippen LogP contribution in [0.4, 0.5) is 10.5 Å². The third-order valence-corrected chi connectivity index (χ3v) is 3.77. The number of nitrogen functional groups attached to an aromatic ring is 1. The average Bonchev–Trinajstić information content (AvgIpc) is 2.43. The fraction of sp³-hybridized carbons (Fsp3) is 0.625. The molecule has 2 rings (SSSR count). The first-order chi connectivity index (χ1) is 10.3. The minimum absolute atomic E-state index is 0.142. The topological polar surface area (TPSA) is 77.6 Å². The Morgan fingerprint density at radius 1 is 1.36 bits per heavy atom. The van der Waals surface area contributed by atoms with Crippen molar-refractivity contribution in [1.82, 2.24) is 9.47 Å². The van der Waals surface area contributed by atoms with Gasteiger partial charge in [0, 0.05) is 25.8 Å². The van der Waals surface area contributed by atoms with Crippen molar-refractivity contribution in [2.24, 2.45) is 5.92 Å². The maximum atomic E-state index is 12.0. The summed E-state index contributed by atoms with van der Waals surface area (Å²) < 4.78 is 7.04. The van der Waals surface area contributed by atoms with E-state index >= 15 is 0 Å². The van der Waals surface area contributed by atoms with Crippen LogP contribution in [0.1, 0.15) is 33.6 Å². The number of nitrogens with two attached hydrogens (primary N) is 1. The lowest BCUT2D eigenvalue weighted by Gasteiger charge is -2.33. The molecule has 6 heteroatoms. The molecule has 22 heavy (non-hydrogen) atoms. The van der Waals surface area contributed by atoms with E-state index in [9.17, 15) is 9.59 Å². The number of carbonyl (C=O) groups is 1. The second-order valence-corrected chi connectivity index (χ2v) is 6.83. The van der Waals surface area contributed by atoms with Crippen LogP contribution >= 0.6 is 0 Å². The van der Waals surface area contributed by atoms with Gasteiger partial charge in [-0.05, 0) is 51.7 Å². The van der Waals surface area contributed by atoms with E-state index in [4.69, 9.17) is 10.5 Å². The molecule has 6 nitrogen and oxygen atoms in total. The number of ether oxygens (including phenoxy) is 1. The number of carbonyl (C=O) groups excluding carboxylic acids is 1. The first kappa shape index (κ1) is 16.4. The molecule has 0 aliphatic carbocycles. The van der Waals surface area contributed by atoms with Gasteiger partial charge in [0.25, 0.3) is 5.56 Å². The highest BCUT2D eigenvalue weighted by Gasteiger charge is 2.27. The zero-order valence-corrected chi connectivity index (χ0v) is 13.5. The standard InChI is InChI=1S/C16H25N3O3/c1-16(2,3)22-15(21)18-9-6-12(7-10-18)11-19-8-4-5-13(17)14(19)20/h4-5,8,12H,6-7,9-11,17H2,1-3H3. The first-order valence-electron chi connectivity index (χ1n) is 7.69. The Hall–Kier alpha value is -1.98. The number of likely N-dealkylation sites (tertiary alicyclic amines) is 1. The minimum atomic E-state index is -0.469. The lowest BCUT2D eigenvalue weighted by molar-refractivity contribution is 0.0178. The van der Waals surface area contributed by atoms with Crippen LogP contribution in [-0.2, 0) is 11.3 Å². The summed E-state index contributed by atoms with van der Waals surface area (Å²) >= 11 is 0. The molecule has 1 saturated heterocycles. The highest BCUT2D eigenvalue weighted by atomic mass is 16.6. The van der Waals surface area contributed by atoms with E-state index in [0.29, 0.717) is 25.6 Å². The second-order valence-electron chi connectivity index (χ2n) is 6.83. The van der Waals surface area contributed by atoms with Crippen LogP contribution in [0.3, 0.4) is 0 Å². The molecule has 1 fully saturated rings. The maximum Gasteiger partial charge on any atom is 0.410 e. The number of hydrogen-bond donors (Lipinski definition) is 1. The Labute approximate surface area is 130 Å². The first-order valence-corrected chi connectivity index (χ1v) is 7.69. The predicted molar refractivity (Wildman–Crippen MR) is 85.6 cm³/mol. The third-order valence-electron chi connectivity index (χ3n) is 3.77. The van der Waals surface area contributed by atoms with Crippen molar-refractivity contribution in [3.05, 3.63) is 28.7 Å². The molecule has 1 aliphatic rings. The number of aromatic nitrogens is 1. The van der Waals surface area contributed by atoms with Gasteiger partial charge in [0.05, 0.1) is 5.69 Å². The number of amides is 1. The molecule has 0 bridgehead atoms. The van der Waals surface area contributed by atoms with Crippen molar-refractivity contribution >= 4 is 11.8 Å². The summed E-state index contributed by atoms with van der Waals surface area (Å²) in [6, 6.07) is 3.40. The Bertz CT molecular complexity index is 581. The lowest BCUT2D eigenvalue weighted by Crippen LogP contribution is -2.42. The number of nitrogens with zero attached hydrogens (tertiary/aromatic N) is 2. The summed E-state index contributed by atoms with van der Waals surface area (Å²) in [6.45, 7) is 7.57. The van der Waals surface area contributed by atoms with Crippen molar-refractivity contribution in [1.29, 1.82) is 0 Å². The monoisotopic (exact) mass is 307 g/mol. The molecule has 1 aliphatic heterocycles. The van der Waals surface area contributed by atoms with Crippen molar-refractivity contribution in [2.45, 2.75) is 45.8 Å². The maximum absolute atomic E-state index is 12.0. The Morgan fingerprint density at radius 2 is 2.00 bits per heavy atom. The quantitative estimate of drug-likeness (QED) is 0.907. The number of piperidine rings is 1. The molecule has 0 spiro atoms. The van der Waals surface area contributed by atoms with Crippen LogP contribution in [0.2, 0.25) is 0 Å². The molecule has 0 saturated carbocycles. The van der Waals surface area contributed by atoms with Gasteiger partial charge in [-0.25, -0.2) is 4.79 Å². The van der Waals surface area contributed by atoms with E-state index in [2.05, 4.69) is 0 Å². The number of rotatable bonds is 2. The molecule has 1 amide bonds. The summed E-state index contributed by atoms with van der Waals surface area (Å²) in [7, 11) is 0. The molecule has 2 heterocycles. The summed E-state index contributed by atoms with van der Waals surface area (Å²) in [5.74, 6) is 0.373. The van der Waals surface area contributed by atoms with Gasteiger partial charge < -0.3 is 19.9 Å². The summed E-state index contributed by atoms with van der Waals surface area (Å²) in [5.41, 5.74) is 5.30. The second kappa shape index (κ2) is 6.42. The summed E-state index contributed by atoms with van der Waals surface area (Å²) in [4.78, 5) is 25.7. The zero-order chi connectivity index (χ0) is 16.3. The smallest absolute Gasteiger partial charge is 0.410 e. The van der Waals surface area contributed by atoms with Gasteiger partial charge >= 0.3 is 6.09 Å². The van der Waals surface area contributed by atoms with Crippen molar-refractivity contribution < 1.29 is 9.53 Å². The van der Waals surface area contributed by atoms with Crippen LogP contribution in [0.5, 0.6) is 0 Å². The fourth-order valence-electron chi connectivity index (χ4n) is 2.60. The van der Waals surface area contributed by atoms with Crippen molar-refractivity contribution in [3.63, 3.8) is 0 Å². The van der Waals surface area contributed by atoms with Gasteiger partial charge in [-0.1, -0.05) is 0 Å². The molecule has 122 valence electrons. The van der Waals surface area contributed by atoms with Gasteiger partial charge in [0.1, 0.15) is 5.60 Å². The number of anilines is 1. The molecular weight excluding hydrogens is 282 g/mol. The molecule has 2 N–H and O–H groups in total. The molecule has 0 unspecified atom stereocenters. The Morgan fingerprint density at radius 3 is 2.59 bits per heavy atom. The SMILES string of the molecule is CC(C)(C)OC(=O)N1CCC(Cn2cccc(N)c2=O)CC1. The molecule has 1 aromatic heterocycles. The molecular formula is C16H25N3O3. The molecule has 1 aromatic rings. The fourth-order valence-corrected chi connectivity index (χ4v) is 2.60. The molecule has 0 aromatic carbocycles. The van der Waals surface area contributed by atoms with Gasteiger partial charge in [-0.3, -0.25) is 4.79 Å². The Kier molecular flexibility index (Phi) is 4.78. The lowest BCUT2D eigenvalue weighted by atomic mass is 9.97. The van der Waals surface area contributed by atoms with Gasteiger partial charge in [-0.2, -0.15) is 0 Å². The number of pyridine rings is 1. The predicted octanol–water partition coefficient (Wildman–Crippen LogP) is 2.08. The minimum Gasteiger partial charge on any atom is -0.444 e. The van der Waals surface area contributed by atoms with Crippen molar-refractivity contribution in [3.8, 4) is 0 Å². The summed E-state index contributed by atoms with van der Waals surface area (Å²) in [5, 5.41) is 0. The molecule has 0 atom stereocenters. The normalized spacial score (nSPS) is 16.6. The van der Waals surface area contributed by atoms with E-state index in [1.54, 1.807) is 27.8 Å². The highest BCUT2D eigenvalue weighted by Crippen LogP contribution is 2.20. The third kappa shape index (κ3) is 4.26.